The number of morpholine rings is 1. The summed E-state index contributed by atoms with van der Waals surface area (Å²) in [7, 11) is 1.76. The van der Waals surface area contributed by atoms with Crippen LogP contribution < -0.4 is 15.1 Å². The number of piperazine rings is 1. The number of pyridine rings is 1. The highest BCUT2D eigenvalue weighted by Crippen LogP contribution is 2.22. The molecule has 2 fully saturated rings. The Labute approximate surface area is 204 Å². The number of rotatable bonds is 4. The number of nitrogens with one attached hydrogen (secondary N) is 1. The number of halogens is 3. The van der Waals surface area contributed by atoms with Gasteiger partial charge in [-0.15, -0.1) is 24.0 Å². The number of nitrogens with zero attached hydrogens (tertiary/aromatic N) is 5. The van der Waals surface area contributed by atoms with Gasteiger partial charge in [0.05, 0.1) is 18.9 Å². The van der Waals surface area contributed by atoms with Crippen molar-refractivity contribution in [3.63, 3.8) is 0 Å². The average Bonchev–Trinajstić information content (AvgIpc) is 2.82. The molecule has 2 aliphatic rings. The lowest BCUT2D eigenvalue weighted by Crippen LogP contribution is -2.52. The maximum Gasteiger partial charge on any atom is 0.194 e. The quantitative estimate of drug-likeness (QED) is 0.354. The third-order valence-electron chi connectivity index (χ3n) is 5.65. The summed E-state index contributed by atoms with van der Waals surface area (Å²) in [6.07, 6.45) is 1.81. The third kappa shape index (κ3) is 5.77. The molecule has 1 aromatic heterocycles. The van der Waals surface area contributed by atoms with Crippen molar-refractivity contribution in [3.8, 4) is 0 Å². The fourth-order valence-corrected chi connectivity index (χ4v) is 4.02. The number of aromatic nitrogens is 1. The van der Waals surface area contributed by atoms with E-state index in [2.05, 4.69) is 31.2 Å². The van der Waals surface area contributed by atoms with Crippen molar-refractivity contribution in [3.05, 3.63) is 53.7 Å². The predicted octanol–water partition coefficient (Wildman–Crippen LogP) is 2.71. The monoisotopic (exact) mass is 558 g/mol. The molecule has 2 saturated heterocycles. The molecule has 0 amide bonds. The highest BCUT2D eigenvalue weighted by Gasteiger charge is 2.22. The van der Waals surface area contributed by atoms with Gasteiger partial charge in [0.2, 0.25) is 0 Å². The molecule has 1 aromatic carbocycles. The molecule has 0 spiro atoms. The molecular weight excluding hydrogens is 529 g/mol. The van der Waals surface area contributed by atoms with Crippen LogP contribution in [0.4, 0.5) is 20.3 Å². The lowest BCUT2D eigenvalue weighted by Gasteiger charge is -2.38. The first kappa shape index (κ1) is 24.4. The molecule has 7 nitrogen and oxygen atoms in total. The van der Waals surface area contributed by atoms with Gasteiger partial charge in [0.1, 0.15) is 17.5 Å². The number of guanidine groups is 1. The van der Waals surface area contributed by atoms with Crippen molar-refractivity contribution >= 4 is 41.4 Å². The van der Waals surface area contributed by atoms with E-state index in [1.807, 2.05) is 17.2 Å². The number of hydrogen-bond acceptors (Lipinski definition) is 5. The molecule has 3 heterocycles. The minimum Gasteiger partial charge on any atom is -0.378 e. The zero-order chi connectivity index (χ0) is 21.6. The lowest BCUT2D eigenvalue weighted by atomic mass is 10.2. The maximum atomic E-state index is 14.1. The van der Waals surface area contributed by atoms with E-state index in [-0.39, 0.29) is 24.0 Å². The zero-order valence-corrected chi connectivity index (χ0v) is 20.5. The Morgan fingerprint density at radius 1 is 1.06 bits per heavy atom. The van der Waals surface area contributed by atoms with Crippen molar-refractivity contribution in [2.24, 2.45) is 4.99 Å². The first-order chi connectivity index (χ1) is 15.2. The van der Waals surface area contributed by atoms with Gasteiger partial charge in [0.25, 0.3) is 0 Å². The van der Waals surface area contributed by atoms with Gasteiger partial charge < -0.3 is 24.8 Å². The first-order valence-electron chi connectivity index (χ1n) is 10.6. The van der Waals surface area contributed by atoms with E-state index in [1.165, 1.54) is 12.1 Å². The van der Waals surface area contributed by atoms with Crippen molar-refractivity contribution in [1.82, 2.24) is 15.2 Å². The van der Waals surface area contributed by atoms with E-state index in [9.17, 15) is 8.78 Å². The molecule has 174 valence electrons. The molecular formula is C22H29F2IN6O. The van der Waals surface area contributed by atoms with Crippen LogP contribution in [0.15, 0.2) is 41.5 Å². The van der Waals surface area contributed by atoms with Crippen LogP contribution in [0.5, 0.6) is 0 Å². The Bertz CT molecular complexity index is 917. The number of aliphatic imine (C=N–C) groups is 1. The second-order valence-electron chi connectivity index (χ2n) is 7.56. The molecule has 0 bridgehead atoms. The molecule has 10 heteroatoms. The Balaban J connectivity index is 0.00000289. The Morgan fingerprint density at radius 3 is 2.53 bits per heavy atom. The van der Waals surface area contributed by atoms with Crippen LogP contribution in [0.25, 0.3) is 0 Å². The number of hydrogen-bond donors (Lipinski definition) is 1. The number of anilines is 2. The van der Waals surface area contributed by atoms with Crippen molar-refractivity contribution in [2.75, 3.05) is 69.3 Å². The fraction of sp³-hybridized carbons (Fsp3) is 0.455. The smallest absolute Gasteiger partial charge is 0.194 e. The van der Waals surface area contributed by atoms with E-state index >= 15 is 0 Å². The van der Waals surface area contributed by atoms with Crippen LogP contribution >= 0.6 is 24.0 Å². The second kappa shape index (κ2) is 11.6. The van der Waals surface area contributed by atoms with Gasteiger partial charge in [-0.25, -0.2) is 13.8 Å². The number of benzene rings is 1. The summed E-state index contributed by atoms with van der Waals surface area (Å²) < 4.78 is 33.1. The molecule has 0 atom stereocenters. The molecule has 0 unspecified atom stereocenters. The molecule has 32 heavy (non-hydrogen) atoms. The number of ether oxygens (including phenoxy) is 1. The molecule has 4 rings (SSSR count). The van der Waals surface area contributed by atoms with Gasteiger partial charge in [0.15, 0.2) is 5.96 Å². The Morgan fingerprint density at radius 2 is 1.81 bits per heavy atom. The summed E-state index contributed by atoms with van der Waals surface area (Å²) in [4.78, 5) is 15.3. The van der Waals surface area contributed by atoms with E-state index < -0.39 is 11.6 Å². The van der Waals surface area contributed by atoms with Crippen molar-refractivity contribution in [1.29, 1.82) is 0 Å². The van der Waals surface area contributed by atoms with Crippen LogP contribution in [-0.4, -0.2) is 75.4 Å². The van der Waals surface area contributed by atoms with Gasteiger partial charge in [0, 0.05) is 70.7 Å². The van der Waals surface area contributed by atoms with Gasteiger partial charge in [-0.1, -0.05) is 6.07 Å². The molecule has 0 radical (unpaired) electrons. The molecule has 0 saturated carbocycles. The van der Waals surface area contributed by atoms with Crippen LogP contribution in [0.2, 0.25) is 0 Å². The molecule has 1 N–H and O–H groups in total. The van der Waals surface area contributed by atoms with E-state index in [4.69, 9.17) is 4.74 Å². The van der Waals surface area contributed by atoms with E-state index in [1.54, 1.807) is 7.05 Å². The maximum absolute atomic E-state index is 14.1. The average molecular weight is 558 g/mol. The fourth-order valence-electron chi connectivity index (χ4n) is 4.02. The van der Waals surface area contributed by atoms with Crippen LogP contribution in [0.3, 0.4) is 0 Å². The summed E-state index contributed by atoms with van der Waals surface area (Å²) in [5.41, 5.74) is 1.42. The van der Waals surface area contributed by atoms with Gasteiger partial charge >= 0.3 is 0 Å². The summed E-state index contributed by atoms with van der Waals surface area (Å²) in [6.45, 7) is 6.20. The summed E-state index contributed by atoms with van der Waals surface area (Å²) in [6, 6.07) is 7.59. The van der Waals surface area contributed by atoms with Crippen molar-refractivity contribution in [2.45, 2.75) is 6.54 Å². The molecule has 0 aliphatic carbocycles. The SMILES string of the molecule is CN=C(NCc1cccnc1N1CCOCC1)N1CCN(c2cc(F)ccc2F)CC1.I. The summed E-state index contributed by atoms with van der Waals surface area (Å²) >= 11 is 0. The first-order valence-corrected chi connectivity index (χ1v) is 10.6. The normalized spacial score (nSPS) is 17.2. The Hall–Kier alpha value is -2.21. The summed E-state index contributed by atoms with van der Waals surface area (Å²) in [5, 5.41) is 3.44. The van der Waals surface area contributed by atoms with E-state index in [0.29, 0.717) is 51.6 Å². The molecule has 2 aromatic rings. The van der Waals surface area contributed by atoms with E-state index in [0.717, 1.165) is 36.5 Å². The highest BCUT2D eigenvalue weighted by atomic mass is 127. The Kier molecular flexibility index (Phi) is 8.85. The molecule has 2 aliphatic heterocycles. The summed E-state index contributed by atoms with van der Waals surface area (Å²) in [5.74, 6) is 0.935. The second-order valence-corrected chi connectivity index (χ2v) is 7.56. The van der Waals surface area contributed by atoms with Crippen LogP contribution in [-0.2, 0) is 11.3 Å². The minimum absolute atomic E-state index is 0. The lowest BCUT2D eigenvalue weighted by molar-refractivity contribution is 0.122. The van der Waals surface area contributed by atoms with Gasteiger partial charge in [-0.05, 0) is 18.2 Å². The topological polar surface area (TPSA) is 56.2 Å². The third-order valence-corrected chi connectivity index (χ3v) is 5.65. The zero-order valence-electron chi connectivity index (χ0n) is 18.1. The highest BCUT2D eigenvalue weighted by molar-refractivity contribution is 14.0. The van der Waals surface area contributed by atoms with Gasteiger partial charge in [-0.2, -0.15) is 0 Å². The standard InChI is InChI=1S/C22H28F2N6O.HI/c1-25-22(27-16-17-3-2-6-26-21(17)29-11-13-31-14-12-29)30-9-7-28(8-10-30)20-15-18(23)4-5-19(20)24;/h2-6,15H,7-14,16H2,1H3,(H,25,27);1H. The predicted molar refractivity (Wildman–Crippen MR) is 133 cm³/mol. The van der Waals surface area contributed by atoms with Crippen molar-refractivity contribution < 1.29 is 13.5 Å². The van der Waals surface area contributed by atoms with Gasteiger partial charge in [-0.3, -0.25) is 4.99 Å². The minimum atomic E-state index is -0.427. The van der Waals surface area contributed by atoms with Crippen LogP contribution in [0, 0.1) is 11.6 Å². The largest absolute Gasteiger partial charge is 0.378 e. The van der Waals surface area contributed by atoms with Crippen LogP contribution in [0.1, 0.15) is 5.56 Å².